The van der Waals surface area contributed by atoms with Crippen LogP contribution in [0.25, 0.3) is 6.08 Å². The van der Waals surface area contributed by atoms with Crippen molar-refractivity contribution >= 4 is 29.4 Å². The van der Waals surface area contributed by atoms with E-state index in [1.165, 1.54) is 0 Å². The first kappa shape index (κ1) is 22.9. The van der Waals surface area contributed by atoms with Crippen LogP contribution < -0.4 is 25.0 Å². The number of ether oxygens (including phenoxy) is 2. The molecule has 0 spiro atoms. The van der Waals surface area contributed by atoms with Crippen molar-refractivity contribution in [1.82, 2.24) is 5.32 Å². The molecule has 0 saturated heterocycles. The molecule has 1 aliphatic heterocycles. The van der Waals surface area contributed by atoms with Crippen LogP contribution in [-0.2, 0) is 4.79 Å². The molecule has 0 saturated carbocycles. The molecule has 4 rings (SSSR count). The van der Waals surface area contributed by atoms with Crippen LogP contribution in [0.4, 0.5) is 16.2 Å². The summed E-state index contributed by atoms with van der Waals surface area (Å²) in [6.07, 6.45) is 4.07. The van der Waals surface area contributed by atoms with Gasteiger partial charge in [-0.1, -0.05) is 60.7 Å². The average molecular weight is 458 g/mol. The van der Waals surface area contributed by atoms with E-state index in [4.69, 9.17) is 9.47 Å². The monoisotopic (exact) mass is 457 g/mol. The Labute approximate surface area is 199 Å². The summed E-state index contributed by atoms with van der Waals surface area (Å²) in [5, 5.41) is 5.49. The van der Waals surface area contributed by atoms with Crippen LogP contribution in [0.3, 0.4) is 0 Å². The number of carbonyl (C=O) groups is 2. The van der Waals surface area contributed by atoms with E-state index in [2.05, 4.69) is 10.6 Å². The van der Waals surface area contributed by atoms with Crippen molar-refractivity contribution in [3.8, 4) is 11.5 Å². The van der Waals surface area contributed by atoms with Gasteiger partial charge in [0.05, 0.1) is 0 Å². The van der Waals surface area contributed by atoms with Gasteiger partial charge in [0, 0.05) is 37.0 Å². The molecule has 1 aliphatic rings. The highest BCUT2D eigenvalue weighted by atomic mass is 16.6. The quantitative estimate of drug-likeness (QED) is 0.513. The molecule has 0 aromatic heterocycles. The normalized spacial score (nSPS) is 12.2. The number of para-hydroxylation sites is 1. The fourth-order valence-electron chi connectivity index (χ4n) is 3.52. The smallest absolute Gasteiger partial charge is 0.319 e. The van der Waals surface area contributed by atoms with Crippen LogP contribution in [-0.4, -0.2) is 38.2 Å². The van der Waals surface area contributed by atoms with E-state index in [-0.39, 0.29) is 24.9 Å². The molecular weight excluding hydrogens is 430 g/mol. The lowest BCUT2D eigenvalue weighted by atomic mass is 10.2. The minimum absolute atomic E-state index is 0.116. The highest BCUT2D eigenvalue weighted by Gasteiger charge is 2.19. The Bertz CT molecular complexity index is 1130. The summed E-state index contributed by atoms with van der Waals surface area (Å²) >= 11 is 0. The topological polar surface area (TPSA) is 79.9 Å². The van der Waals surface area contributed by atoms with Crippen molar-refractivity contribution in [2.75, 3.05) is 36.5 Å². The SMILES string of the molecule is O=C(NCCC(=O)N(C/C=C/c1ccccc1)c1ccc2c(c1)OCCO2)Nc1ccccc1. The highest BCUT2D eigenvalue weighted by molar-refractivity contribution is 5.95. The summed E-state index contributed by atoms with van der Waals surface area (Å²) in [7, 11) is 0. The largest absolute Gasteiger partial charge is 0.486 e. The molecular formula is C27H27N3O4. The Morgan fingerprint density at radius 1 is 0.882 bits per heavy atom. The van der Waals surface area contributed by atoms with Crippen molar-refractivity contribution in [2.45, 2.75) is 6.42 Å². The number of nitrogens with zero attached hydrogens (tertiary/aromatic N) is 1. The number of benzene rings is 3. The minimum atomic E-state index is -0.353. The fourth-order valence-corrected chi connectivity index (χ4v) is 3.52. The molecule has 3 aromatic carbocycles. The molecule has 0 bridgehead atoms. The standard InChI is InChI=1S/C27H27N3O4/c31-26(15-16-28-27(32)29-22-11-5-2-6-12-22)30(17-7-10-21-8-3-1-4-9-21)23-13-14-24-25(20-23)34-19-18-33-24/h1-14,20H,15-19H2,(H2,28,29,32)/b10-7+. The average Bonchev–Trinajstić information content (AvgIpc) is 2.87. The fraction of sp³-hybridized carbons (Fsp3) is 0.185. The number of anilines is 2. The van der Waals surface area contributed by atoms with E-state index in [1.54, 1.807) is 17.0 Å². The van der Waals surface area contributed by atoms with Gasteiger partial charge in [-0.05, 0) is 29.8 Å². The van der Waals surface area contributed by atoms with Crippen LogP contribution in [0.15, 0.2) is 84.9 Å². The predicted molar refractivity (Wildman–Crippen MR) is 133 cm³/mol. The van der Waals surface area contributed by atoms with Gasteiger partial charge in [-0.3, -0.25) is 4.79 Å². The van der Waals surface area contributed by atoms with Crippen LogP contribution in [0.2, 0.25) is 0 Å². The third kappa shape index (κ3) is 6.38. The van der Waals surface area contributed by atoms with Crippen LogP contribution in [0.5, 0.6) is 11.5 Å². The summed E-state index contributed by atoms with van der Waals surface area (Å²) < 4.78 is 11.3. The maximum atomic E-state index is 13.1. The van der Waals surface area contributed by atoms with Gasteiger partial charge in [-0.2, -0.15) is 0 Å². The molecule has 0 atom stereocenters. The predicted octanol–water partition coefficient (Wildman–Crippen LogP) is 4.72. The maximum absolute atomic E-state index is 13.1. The zero-order chi connectivity index (χ0) is 23.6. The minimum Gasteiger partial charge on any atom is -0.486 e. The zero-order valence-corrected chi connectivity index (χ0v) is 18.8. The van der Waals surface area contributed by atoms with Crippen LogP contribution in [0, 0.1) is 0 Å². The van der Waals surface area contributed by atoms with Gasteiger partial charge < -0.3 is 25.0 Å². The van der Waals surface area contributed by atoms with Gasteiger partial charge in [-0.15, -0.1) is 0 Å². The molecule has 0 aliphatic carbocycles. The molecule has 0 fully saturated rings. The molecule has 0 radical (unpaired) electrons. The summed E-state index contributed by atoms with van der Waals surface area (Å²) in [4.78, 5) is 27.0. The summed E-state index contributed by atoms with van der Waals surface area (Å²) in [5.41, 5.74) is 2.45. The maximum Gasteiger partial charge on any atom is 0.319 e. The third-order valence-electron chi connectivity index (χ3n) is 5.19. The second-order valence-electron chi connectivity index (χ2n) is 7.64. The number of hydrogen-bond donors (Lipinski definition) is 2. The lowest BCUT2D eigenvalue weighted by molar-refractivity contribution is -0.118. The summed E-state index contributed by atoms with van der Waals surface area (Å²) in [6.45, 7) is 1.56. The lowest BCUT2D eigenvalue weighted by Gasteiger charge is -2.24. The molecule has 3 aromatic rings. The number of fused-ring (bicyclic) bond motifs is 1. The zero-order valence-electron chi connectivity index (χ0n) is 18.8. The van der Waals surface area contributed by atoms with Gasteiger partial charge in [-0.25, -0.2) is 4.79 Å². The van der Waals surface area contributed by atoms with Crippen molar-refractivity contribution in [3.05, 3.63) is 90.5 Å². The Morgan fingerprint density at radius 2 is 1.59 bits per heavy atom. The van der Waals surface area contributed by atoms with Crippen LogP contribution >= 0.6 is 0 Å². The lowest BCUT2D eigenvalue weighted by Crippen LogP contribution is -2.36. The first-order valence-electron chi connectivity index (χ1n) is 11.2. The molecule has 3 amide bonds. The van der Waals surface area contributed by atoms with Crippen molar-refractivity contribution < 1.29 is 19.1 Å². The Balaban J connectivity index is 1.40. The van der Waals surface area contributed by atoms with Gasteiger partial charge in [0.25, 0.3) is 0 Å². The van der Waals surface area contributed by atoms with Gasteiger partial charge in [0.1, 0.15) is 13.2 Å². The van der Waals surface area contributed by atoms with E-state index in [1.807, 2.05) is 78.9 Å². The third-order valence-corrected chi connectivity index (χ3v) is 5.19. The second kappa shape index (κ2) is 11.6. The van der Waals surface area contributed by atoms with Crippen molar-refractivity contribution in [3.63, 3.8) is 0 Å². The van der Waals surface area contributed by atoms with Gasteiger partial charge in [0.2, 0.25) is 5.91 Å². The molecule has 7 heteroatoms. The summed E-state index contributed by atoms with van der Waals surface area (Å²) in [6, 6.07) is 24.2. The van der Waals surface area contributed by atoms with Crippen molar-refractivity contribution in [1.29, 1.82) is 0 Å². The Morgan fingerprint density at radius 3 is 2.35 bits per heavy atom. The summed E-state index contributed by atoms with van der Waals surface area (Å²) in [5.74, 6) is 1.17. The molecule has 7 nitrogen and oxygen atoms in total. The van der Waals surface area contributed by atoms with E-state index >= 15 is 0 Å². The molecule has 1 heterocycles. The number of carbonyl (C=O) groups excluding carboxylic acids is 2. The Hall–Kier alpha value is -4.26. The number of urea groups is 1. The number of nitrogens with one attached hydrogen (secondary N) is 2. The number of rotatable bonds is 8. The van der Waals surface area contributed by atoms with E-state index < -0.39 is 0 Å². The number of hydrogen-bond acceptors (Lipinski definition) is 4. The Kier molecular flexibility index (Phi) is 7.79. The molecule has 34 heavy (non-hydrogen) atoms. The van der Waals surface area contributed by atoms with Crippen LogP contribution in [0.1, 0.15) is 12.0 Å². The van der Waals surface area contributed by atoms with E-state index in [0.717, 1.165) is 5.56 Å². The van der Waals surface area contributed by atoms with E-state index in [9.17, 15) is 9.59 Å². The van der Waals surface area contributed by atoms with Gasteiger partial charge in [0.15, 0.2) is 11.5 Å². The molecule has 2 N–H and O–H groups in total. The first-order valence-corrected chi connectivity index (χ1v) is 11.2. The highest BCUT2D eigenvalue weighted by Crippen LogP contribution is 2.34. The molecule has 174 valence electrons. The first-order chi connectivity index (χ1) is 16.7. The number of amides is 3. The van der Waals surface area contributed by atoms with E-state index in [0.29, 0.717) is 42.6 Å². The molecule has 0 unspecified atom stereocenters. The van der Waals surface area contributed by atoms with Crippen molar-refractivity contribution in [2.24, 2.45) is 0 Å². The second-order valence-corrected chi connectivity index (χ2v) is 7.64. The van der Waals surface area contributed by atoms with Gasteiger partial charge >= 0.3 is 6.03 Å².